The van der Waals surface area contributed by atoms with E-state index in [2.05, 4.69) is 5.16 Å². The van der Waals surface area contributed by atoms with Gasteiger partial charge in [-0.2, -0.15) is 0 Å². The van der Waals surface area contributed by atoms with Gasteiger partial charge in [0.2, 0.25) is 0 Å². The molecule has 70 valence electrons. The molecule has 0 bridgehead atoms. The van der Waals surface area contributed by atoms with Crippen LogP contribution < -0.4 is 0 Å². The third kappa shape index (κ3) is 3.95. The van der Waals surface area contributed by atoms with Gasteiger partial charge in [0.25, 0.3) is 0 Å². The lowest BCUT2D eigenvalue weighted by Gasteiger charge is -1.95. The van der Waals surface area contributed by atoms with Crippen molar-refractivity contribution in [2.45, 2.75) is 13.3 Å². The summed E-state index contributed by atoms with van der Waals surface area (Å²) < 4.78 is 0. The van der Waals surface area contributed by atoms with Gasteiger partial charge in [0.1, 0.15) is 6.61 Å². The second-order valence-corrected chi connectivity index (χ2v) is 3.06. The monoisotopic (exact) mass is 197 g/mol. The average molecular weight is 198 g/mol. The van der Waals surface area contributed by atoms with Gasteiger partial charge in [0, 0.05) is 5.02 Å². The molecule has 3 heteroatoms. The second-order valence-electron chi connectivity index (χ2n) is 2.62. The summed E-state index contributed by atoms with van der Waals surface area (Å²) >= 11 is 5.78. The van der Waals surface area contributed by atoms with Crippen molar-refractivity contribution in [3.8, 4) is 0 Å². The van der Waals surface area contributed by atoms with Gasteiger partial charge in [0.05, 0.1) is 6.21 Å². The van der Waals surface area contributed by atoms with Crippen molar-refractivity contribution in [1.29, 1.82) is 0 Å². The van der Waals surface area contributed by atoms with Crippen molar-refractivity contribution in [1.82, 2.24) is 0 Å². The van der Waals surface area contributed by atoms with Crippen LogP contribution in [0, 0.1) is 0 Å². The molecular weight excluding hydrogens is 186 g/mol. The zero-order valence-electron chi connectivity index (χ0n) is 7.53. The van der Waals surface area contributed by atoms with Crippen LogP contribution in [-0.4, -0.2) is 12.8 Å². The number of hydrogen-bond donors (Lipinski definition) is 0. The van der Waals surface area contributed by atoms with Crippen LogP contribution in [0.25, 0.3) is 0 Å². The summed E-state index contributed by atoms with van der Waals surface area (Å²) in [6, 6.07) is 7.46. The van der Waals surface area contributed by atoms with E-state index in [9.17, 15) is 0 Å². The zero-order chi connectivity index (χ0) is 9.52. The normalized spacial score (nSPS) is 10.6. The SMILES string of the molecule is CCCON=Cc1cccc(Cl)c1. The minimum atomic E-state index is 0.650. The molecule has 0 radical (unpaired) electrons. The Labute approximate surface area is 83.2 Å². The fourth-order valence-electron chi connectivity index (χ4n) is 0.829. The molecule has 13 heavy (non-hydrogen) atoms. The Hall–Kier alpha value is -1.02. The Morgan fingerprint density at radius 1 is 1.54 bits per heavy atom. The number of halogens is 1. The standard InChI is InChI=1S/C10H12ClNO/c1-2-6-13-12-8-9-4-3-5-10(11)7-9/h3-5,7-8H,2,6H2,1H3. The Kier molecular flexibility index (Phi) is 4.33. The van der Waals surface area contributed by atoms with E-state index in [1.807, 2.05) is 31.2 Å². The van der Waals surface area contributed by atoms with Gasteiger partial charge >= 0.3 is 0 Å². The summed E-state index contributed by atoms with van der Waals surface area (Å²) in [7, 11) is 0. The summed E-state index contributed by atoms with van der Waals surface area (Å²) in [5, 5.41) is 4.50. The molecule has 0 atom stereocenters. The molecule has 0 saturated heterocycles. The molecule has 0 aliphatic carbocycles. The fraction of sp³-hybridized carbons (Fsp3) is 0.300. The first-order valence-corrected chi connectivity index (χ1v) is 4.61. The number of nitrogens with zero attached hydrogens (tertiary/aromatic N) is 1. The molecular formula is C10H12ClNO. The maximum absolute atomic E-state index is 5.78. The van der Waals surface area contributed by atoms with Crippen LogP contribution in [-0.2, 0) is 4.84 Å². The van der Waals surface area contributed by atoms with E-state index in [-0.39, 0.29) is 0 Å². The second kappa shape index (κ2) is 5.60. The van der Waals surface area contributed by atoms with Gasteiger partial charge in [-0.15, -0.1) is 0 Å². The average Bonchev–Trinajstić information content (AvgIpc) is 2.13. The van der Waals surface area contributed by atoms with Gasteiger partial charge in [-0.25, -0.2) is 0 Å². The summed E-state index contributed by atoms with van der Waals surface area (Å²) in [5.74, 6) is 0. The number of benzene rings is 1. The van der Waals surface area contributed by atoms with Crippen LogP contribution in [0.15, 0.2) is 29.4 Å². The van der Waals surface area contributed by atoms with E-state index >= 15 is 0 Å². The quantitative estimate of drug-likeness (QED) is 0.413. The predicted octanol–water partition coefficient (Wildman–Crippen LogP) is 3.10. The van der Waals surface area contributed by atoms with Gasteiger partial charge in [-0.3, -0.25) is 0 Å². The lowest BCUT2D eigenvalue weighted by Crippen LogP contribution is -1.86. The first kappa shape index (κ1) is 10.1. The Morgan fingerprint density at radius 2 is 2.38 bits per heavy atom. The van der Waals surface area contributed by atoms with Gasteiger partial charge in [0.15, 0.2) is 0 Å². The molecule has 1 aromatic rings. The Balaban J connectivity index is 2.48. The van der Waals surface area contributed by atoms with Crippen molar-refractivity contribution < 1.29 is 4.84 Å². The summed E-state index contributed by atoms with van der Waals surface area (Å²) in [6.07, 6.45) is 2.62. The minimum Gasteiger partial charge on any atom is -0.396 e. The zero-order valence-corrected chi connectivity index (χ0v) is 8.29. The maximum atomic E-state index is 5.78. The van der Waals surface area contributed by atoms with Gasteiger partial charge in [-0.1, -0.05) is 35.8 Å². The topological polar surface area (TPSA) is 21.6 Å². The van der Waals surface area contributed by atoms with E-state index in [0.29, 0.717) is 11.6 Å². The van der Waals surface area contributed by atoms with Crippen molar-refractivity contribution in [3.05, 3.63) is 34.9 Å². The molecule has 0 fully saturated rings. The van der Waals surface area contributed by atoms with E-state index in [4.69, 9.17) is 16.4 Å². The third-order valence-corrected chi connectivity index (χ3v) is 1.66. The highest BCUT2D eigenvalue weighted by Crippen LogP contribution is 2.08. The lowest BCUT2D eigenvalue weighted by atomic mass is 10.2. The molecule has 2 nitrogen and oxygen atoms in total. The molecule has 0 aliphatic heterocycles. The molecule has 0 heterocycles. The molecule has 0 spiro atoms. The molecule has 0 aliphatic rings. The Morgan fingerprint density at radius 3 is 3.08 bits per heavy atom. The largest absolute Gasteiger partial charge is 0.396 e. The molecule has 0 saturated carbocycles. The minimum absolute atomic E-state index is 0.650. The van der Waals surface area contributed by atoms with Crippen LogP contribution in [0.2, 0.25) is 5.02 Å². The molecule has 0 unspecified atom stereocenters. The molecule has 1 aromatic carbocycles. The first-order chi connectivity index (χ1) is 6.33. The molecule has 0 amide bonds. The lowest BCUT2D eigenvalue weighted by molar-refractivity contribution is 0.146. The summed E-state index contributed by atoms with van der Waals surface area (Å²) in [4.78, 5) is 4.95. The summed E-state index contributed by atoms with van der Waals surface area (Å²) in [6.45, 7) is 2.69. The highest BCUT2D eigenvalue weighted by Gasteiger charge is 1.88. The Bertz CT molecular complexity index is 286. The number of rotatable bonds is 4. The van der Waals surface area contributed by atoms with E-state index in [0.717, 1.165) is 12.0 Å². The number of hydrogen-bond acceptors (Lipinski definition) is 2. The molecule has 0 aromatic heterocycles. The van der Waals surface area contributed by atoms with Crippen molar-refractivity contribution in [3.63, 3.8) is 0 Å². The van der Waals surface area contributed by atoms with Gasteiger partial charge < -0.3 is 4.84 Å². The smallest absolute Gasteiger partial charge is 0.116 e. The third-order valence-electron chi connectivity index (χ3n) is 1.42. The van der Waals surface area contributed by atoms with Gasteiger partial charge in [-0.05, 0) is 24.1 Å². The maximum Gasteiger partial charge on any atom is 0.116 e. The van der Waals surface area contributed by atoms with E-state index in [1.54, 1.807) is 6.21 Å². The fourth-order valence-corrected chi connectivity index (χ4v) is 1.03. The van der Waals surface area contributed by atoms with Crippen LogP contribution >= 0.6 is 11.6 Å². The van der Waals surface area contributed by atoms with E-state index < -0.39 is 0 Å². The first-order valence-electron chi connectivity index (χ1n) is 4.24. The molecule has 1 rings (SSSR count). The van der Waals surface area contributed by atoms with Crippen LogP contribution in [0.4, 0.5) is 0 Å². The van der Waals surface area contributed by atoms with Crippen LogP contribution in [0.3, 0.4) is 0 Å². The van der Waals surface area contributed by atoms with Crippen LogP contribution in [0.5, 0.6) is 0 Å². The van der Waals surface area contributed by atoms with Crippen LogP contribution in [0.1, 0.15) is 18.9 Å². The molecule has 0 N–H and O–H groups in total. The van der Waals surface area contributed by atoms with Crippen molar-refractivity contribution >= 4 is 17.8 Å². The van der Waals surface area contributed by atoms with Crippen molar-refractivity contribution in [2.75, 3.05) is 6.61 Å². The number of oxime groups is 1. The predicted molar refractivity (Wildman–Crippen MR) is 55.3 cm³/mol. The summed E-state index contributed by atoms with van der Waals surface area (Å²) in [5.41, 5.74) is 0.948. The van der Waals surface area contributed by atoms with Crippen molar-refractivity contribution in [2.24, 2.45) is 5.16 Å². The highest BCUT2D eigenvalue weighted by atomic mass is 35.5. The van der Waals surface area contributed by atoms with E-state index in [1.165, 1.54) is 0 Å². The highest BCUT2D eigenvalue weighted by molar-refractivity contribution is 6.30.